The van der Waals surface area contributed by atoms with Crippen molar-refractivity contribution in [1.82, 2.24) is 0 Å². The van der Waals surface area contributed by atoms with Crippen molar-refractivity contribution >= 4 is 24.2 Å². The van der Waals surface area contributed by atoms with E-state index in [-0.39, 0.29) is 12.9 Å². The molecule has 2 fully saturated rings. The topological polar surface area (TPSA) is 46.2 Å². The van der Waals surface area contributed by atoms with Crippen molar-refractivity contribution in [3.63, 3.8) is 0 Å². The predicted octanol–water partition coefficient (Wildman–Crippen LogP) is 3.16. The molecule has 132 valence electrons. The molecule has 0 bridgehead atoms. The third-order valence-electron chi connectivity index (χ3n) is 4.71. The molecule has 0 radical (unpaired) electrons. The average Bonchev–Trinajstić information content (AvgIpc) is 3.26. The van der Waals surface area contributed by atoms with Crippen LogP contribution in [0, 0.1) is 0 Å². The van der Waals surface area contributed by atoms with E-state index in [9.17, 15) is 0 Å². The van der Waals surface area contributed by atoms with E-state index in [1.54, 1.807) is 13.2 Å². The normalized spacial score (nSPS) is 21.8. The molecule has 7 heteroatoms. The first-order valence-electron chi connectivity index (χ1n) is 8.21. The highest BCUT2D eigenvalue weighted by atomic mass is 35.5. The van der Waals surface area contributed by atoms with Crippen molar-refractivity contribution in [3.8, 4) is 11.5 Å². The summed E-state index contributed by atoms with van der Waals surface area (Å²) in [5.74, 6) is 1.21. The van der Waals surface area contributed by atoms with Crippen LogP contribution in [0.4, 0.5) is 0 Å². The molecule has 1 saturated carbocycles. The minimum absolute atomic E-state index is 0.141. The van der Waals surface area contributed by atoms with E-state index in [4.69, 9.17) is 35.1 Å². The Morgan fingerprint density at radius 1 is 1.17 bits per heavy atom. The average molecular weight is 355 g/mol. The number of hydrogen-bond donors (Lipinski definition) is 0. The first-order chi connectivity index (χ1) is 11.2. The molecule has 1 aliphatic carbocycles. The zero-order valence-electron chi connectivity index (χ0n) is 14.8. The summed E-state index contributed by atoms with van der Waals surface area (Å²) in [5.41, 5.74) is -0.131. The van der Waals surface area contributed by atoms with Gasteiger partial charge in [-0.25, -0.2) is 0 Å². The van der Waals surface area contributed by atoms with Crippen molar-refractivity contribution in [1.29, 1.82) is 0 Å². The molecule has 0 aromatic heterocycles. The highest BCUT2D eigenvalue weighted by Gasteiger charge is 2.53. The number of methoxy groups -OCH3 is 1. The second-order valence-corrected chi connectivity index (χ2v) is 7.69. The molecule has 0 unspecified atom stereocenters. The molecular weight excluding hydrogens is 330 g/mol. The van der Waals surface area contributed by atoms with Gasteiger partial charge in [0.05, 0.1) is 22.3 Å². The molecule has 24 heavy (non-hydrogen) atoms. The fourth-order valence-electron chi connectivity index (χ4n) is 2.42. The second kappa shape index (κ2) is 6.41. The van der Waals surface area contributed by atoms with E-state index in [0.717, 1.165) is 18.3 Å². The maximum absolute atomic E-state index is 6.45. The quantitative estimate of drug-likeness (QED) is 0.580. The number of rotatable bonds is 6. The molecule has 0 spiro atoms. The first kappa shape index (κ1) is 17.9. The van der Waals surface area contributed by atoms with Crippen LogP contribution in [0.5, 0.6) is 11.5 Å². The van der Waals surface area contributed by atoms with Crippen LogP contribution in [0.2, 0.25) is 5.02 Å². The van der Waals surface area contributed by atoms with Crippen molar-refractivity contribution < 1.29 is 23.5 Å². The van der Waals surface area contributed by atoms with E-state index in [1.165, 1.54) is 0 Å². The van der Waals surface area contributed by atoms with Gasteiger partial charge in [0.25, 0.3) is 0 Å². The lowest BCUT2D eigenvalue weighted by molar-refractivity contribution is 0.00578. The molecule has 0 atom stereocenters. The van der Waals surface area contributed by atoms with Gasteiger partial charge in [0.2, 0.25) is 0 Å². The zero-order valence-corrected chi connectivity index (χ0v) is 15.6. The van der Waals surface area contributed by atoms with Gasteiger partial charge in [-0.1, -0.05) is 11.6 Å². The second-order valence-electron chi connectivity index (χ2n) is 7.28. The summed E-state index contributed by atoms with van der Waals surface area (Å²) in [6.07, 6.45) is 2.30. The molecular formula is C17H24BClO5. The van der Waals surface area contributed by atoms with Crippen LogP contribution in [-0.4, -0.2) is 38.3 Å². The Morgan fingerprint density at radius 3 is 2.33 bits per heavy atom. The van der Waals surface area contributed by atoms with Gasteiger partial charge in [-0.15, -0.1) is 0 Å². The number of ether oxygens (including phenoxy) is 3. The largest absolute Gasteiger partial charge is 0.498 e. The minimum Gasteiger partial charge on any atom is -0.489 e. The van der Waals surface area contributed by atoms with Crippen LogP contribution in [-0.2, 0) is 14.0 Å². The maximum atomic E-state index is 6.45. The van der Waals surface area contributed by atoms with Crippen molar-refractivity contribution in [3.05, 3.63) is 17.2 Å². The molecule has 1 aromatic carbocycles. The molecule has 0 N–H and O–H groups in total. The van der Waals surface area contributed by atoms with E-state index in [0.29, 0.717) is 16.5 Å². The molecule has 5 nitrogen and oxygen atoms in total. The summed E-state index contributed by atoms with van der Waals surface area (Å²) in [6, 6.07) is 3.58. The van der Waals surface area contributed by atoms with Gasteiger partial charge >= 0.3 is 7.12 Å². The monoisotopic (exact) mass is 354 g/mol. The van der Waals surface area contributed by atoms with Crippen LogP contribution in [0.1, 0.15) is 40.5 Å². The number of hydrogen-bond acceptors (Lipinski definition) is 5. The van der Waals surface area contributed by atoms with Crippen LogP contribution >= 0.6 is 11.6 Å². The Morgan fingerprint density at radius 2 is 1.79 bits per heavy atom. The Balaban J connectivity index is 1.95. The Labute approximate surface area is 148 Å². The summed E-state index contributed by atoms with van der Waals surface area (Å²) < 4.78 is 28.8. The molecule has 2 aliphatic rings. The third-order valence-corrected chi connectivity index (χ3v) is 4.99. The summed E-state index contributed by atoms with van der Waals surface area (Å²) in [7, 11) is 1.01. The van der Waals surface area contributed by atoms with E-state index in [1.807, 2.05) is 33.8 Å². The predicted molar refractivity (Wildman–Crippen MR) is 93.3 cm³/mol. The summed E-state index contributed by atoms with van der Waals surface area (Å²) in [4.78, 5) is 0. The van der Waals surface area contributed by atoms with Crippen molar-refractivity contribution in [2.45, 2.75) is 57.8 Å². The lowest BCUT2D eigenvalue weighted by Crippen LogP contribution is -2.41. The Bertz CT molecular complexity index is 599. The highest BCUT2D eigenvalue weighted by molar-refractivity contribution is 6.63. The standard InChI is InChI=1S/C17H24BClO5/c1-16(2)17(3,4)24-18(23-16)13-8-12(21-10-20-5)9-14(19)15(13)22-11-6-7-11/h8-9,11H,6-7,10H2,1-5H3. The summed E-state index contributed by atoms with van der Waals surface area (Å²) in [6.45, 7) is 8.20. The Hall–Kier alpha value is -0.945. The summed E-state index contributed by atoms with van der Waals surface area (Å²) in [5, 5.41) is 0.486. The van der Waals surface area contributed by atoms with Crippen LogP contribution < -0.4 is 14.9 Å². The van der Waals surface area contributed by atoms with Gasteiger partial charge in [0.1, 0.15) is 11.5 Å². The van der Waals surface area contributed by atoms with Gasteiger partial charge in [-0.2, -0.15) is 0 Å². The third kappa shape index (κ3) is 3.52. The fraction of sp³-hybridized carbons (Fsp3) is 0.647. The van der Waals surface area contributed by atoms with Gasteiger partial charge < -0.3 is 23.5 Å². The van der Waals surface area contributed by atoms with Crippen LogP contribution in [0.3, 0.4) is 0 Å². The molecule has 0 amide bonds. The van der Waals surface area contributed by atoms with E-state index >= 15 is 0 Å². The lowest BCUT2D eigenvalue weighted by Gasteiger charge is -2.32. The van der Waals surface area contributed by atoms with E-state index in [2.05, 4.69) is 0 Å². The molecule has 1 aromatic rings. The molecule has 1 heterocycles. The highest BCUT2D eigenvalue weighted by Crippen LogP contribution is 2.39. The lowest BCUT2D eigenvalue weighted by atomic mass is 9.78. The van der Waals surface area contributed by atoms with Gasteiger partial charge in [-0.05, 0) is 46.6 Å². The van der Waals surface area contributed by atoms with Crippen LogP contribution in [0.25, 0.3) is 0 Å². The van der Waals surface area contributed by atoms with Gasteiger partial charge in [0.15, 0.2) is 6.79 Å². The van der Waals surface area contributed by atoms with E-state index < -0.39 is 18.3 Å². The molecule has 3 rings (SSSR count). The fourth-order valence-corrected chi connectivity index (χ4v) is 2.68. The maximum Gasteiger partial charge on any atom is 0.498 e. The van der Waals surface area contributed by atoms with Crippen molar-refractivity contribution in [2.24, 2.45) is 0 Å². The molecule has 1 aliphatic heterocycles. The summed E-state index contributed by atoms with van der Waals surface area (Å²) >= 11 is 6.45. The number of halogens is 1. The zero-order chi connectivity index (χ0) is 17.5. The Kier molecular flexibility index (Phi) is 4.77. The minimum atomic E-state index is -0.563. The van der Waals surface area contributed by atoms with Crippen LogP contribution in [0.15, 0.2) is 12.1 Å². The van der Waals surface area contributed by atoms with Gasteiger partial charge in [0, 0.05) is 18.6 Å². The SMILES string of the molecule is COCOc1cc(Cl)c(OC2CC2)c(B2OC(C)(C)C(C)(C)O2)c1. The smallest absolute Gasteiger partial charge is 0.489 e. The van der Waals surface area contributed by atoms with Crippen molar-refractivity contribution in [2.75, 3.05) is 13.9 Å². The first-order valence-corrected chi connectivity index (χ1v) is 8.59. The van der Waals surface area contributed by atoms with Gasteiger partial charge in [-0.3, -0.25) is 0 Å². The molecule has 1 saturated heterocycles. The number of benzene rings is 1.